The third-order valence-electron chi connectivity index (χ3n) is 5.20. The van der Waals surface area contributed by atoms with E-state index in [4.69, 9.17) is 0 Å². The Hall–Kier alpha value is -2.56. The molecule has 0 unspecified atom stereocenters. The smallest absolute Gasteiger partial charge is 0.270 e. The molecule has 1 aliphatic heterocycles. The number of carbonyl (C=O) groups is 1. The summed E-state index contributed by atoms with van der Waals surface area (Å²) in [4.78, 5) is 30.2. The van der Waals surface area contributed by atoms with Gasteiger partial charge in [0.15, 0.2) is 0 Å². The fourth-order valence-corrected chi connectivity index (χ4v) is 3.67. The van der Waals surface area contributed by atoms with Gasteiger partial charge in [0.1, 0.15) is 5.69 Å². The molecule has 1 aliphatic rings. The summed E-state index contributed by atoms with van der Waals surface area (Å²) in [6.45, 7) is 3.81. The van der Waals surface area contributed by atoms with Gasteiger partial charge in [-0.1, -0.05) is 25.1 Å². The van der Waals surface area contributed by atoms with Gasteiger partial charge < -0.3 is 14.5 Å². The van der Waals surface area contributed by atoms with Crippen molar-refractivity contribution in [3.05, 3.63) is 46.4 Å². The van der Waals surface area contributed by atoms with E-state index in [2.05, 4.69) is 11.9 Å². The number of likely N-dealkylation sites (tertiary alicyclic amines) is 1. The molecule has 0 spiro atoms. The van der Waals surface area contributed by atoms with Crippen molar-refractivity contribution in [1.82, 2.24) is 14.5 Å². The van der Waals surface area contributed by atoms with E-state index in [1.807, 2.05) is 40.8 Å². The van der Waals surface area contributed by atoms with Crippen LogP contribution in [0.1, 0.15) is 30.3 Å². The molecule has 5 nitrogen and oxygen atoms in total. The minimum Gasteiger partial charge on any atom is -0.339 e. The molecule has 3 heterocycles. The molecular formula is C19H21N3O2. The highest BCUT2D eigenvalue weighted by atomic mass is 16.2. The summed E-state index contributed by atoms with van der Waals surface area (Å²) < 4.78 is 1.87. The number of nitrogens with one attached hydrogen (secondary N) is 1. The molecule has 5 heteroatoms. The maximum atomic E-state index is 12.9. The molecule has 0 bridgehead atoms. The molecular weight excluding hydrogens is 302 g/mol. The van der Waals surface area contributed by atoms with Crippen molar-refractivity contribution in [2.24, 2.45) is 13.0 Å². The van der Waals surface area contributed by atoms with Crippen molar-refractivity contribution < 1.29 is 4.79 Å². The zero-order valence-electron chi connectivity index (χ0n) is 14.0. The Morgan fingerprint density at radius 2 is 1.88 bits per heavy atom. The van der Waals surface area contributed by atoms with Gasteiger partial charge in [0.2, 0.25) is 0 Å². The van der Waals surface area contributed by atoms with Gasteiger partial charge >= 0.3 is 0 Å². The van der Waals surface area contributed by atoms with Crippen LogP contribution in [0.2, 0.25) is 0 Å². The molecule has 124 valence electrons. The monoisotopic (exact) mass is 323 g/mol. The van der Waals surface area contributed by atoms with Crippen LogP contribution >= 0.6 is 0 Å². The Labute approximate surface area is 139 Å². The molecule has 0 radical (unpaired) electrons. The first kappa shape index (κ1) is 15.0. The number of benzene rings is 1. The van der Waals surface area contributed by atoms with Gasteiger partial charge in [-0.25, -0.2) is 0 Å². The normalized spacial score (nSPS) is 16.2. The predicted octanol–water partition coefficient (Wildman–Crippen LogP) is 2.89. The third-order valence-corrected chi connectivity index (χ3v) is 5.20. The molecule has 1 saturated heterocycles. The zero-order valence-corrected chi connectivity index (χ0v) is 14.0. The lowest BCUT2D eigenvalue weighted by atomic mass is 9.99. The fraction of sp³-hybridized carbons (Fsp3) is 0.368. The first-order chi connectivity index (χ1) is 11.6. The summed E-state index contributed by atoms with van der Waals surface area (Å²) in [5.74, 6) is 0.692. The number of fused-ring (bicyclic) bond motifs is 3. The molecule has 0 saturated carbocycles. The maximum Gasteiger partial charge on any atom is 0.270 e. The average molecular weight is 323 g/mol. The van der Waals surface area contributed by atoms with Crippen molar-refractivity contribution in [3.8, 4) is 0 Å². The summed E-state index contributed by atoms with van der Waals surface area (Å²) in [6, 6.07) is 9.44. The number of aryl methyl sites for hydroxylation is 1. The molecule has 3 aromatic rings. The summed E-state index contributed by atoms with van der Waals surface area (Å²) in [6.07, 6.45) is 2.08. The molecule has 4 rings (SSSR count). The quantitative estimate of drug-likeness (QED) is 0.748. The number of pyridine rings is 1. The van der Waals surface area contributed by atoms with Crippen LogP contribution in [0.3, 0.4) is 0 Å². The number of H-pyrrole nitrogens is 1. The van der Waals surface area contributed by atoms with Gasteiger partial charge in [0.25, 0.3) is 11.5 Å². The lowest BCUT2D eigenvalue weighted by Gasteiger charge is -2.30. The second kappa shape index (κ2) is 5.51. The van der Waals surface area contributed by atoms with Crippen LogP contribution < -0.4 is 5.56 Å². The number of carbonyl (C=O) groups excluding carboxylic acids is 1. The first-order valence-corrected chi connectivity index (χ1v) is 8.46. The first-order valence-electron chi connectivity index (χ1n) is 8.46. The number of piperidine rings is 1. The highest BCUT2D eigenvalue weighted by Crippen LogP contribution is 2.25. The van der Waals surface area contributed by atoms with Crippen LogP contribution in [0.4, 0.5) is 0 Å². The van der Waals surface area contributed by atoms with E-state index in [0.29, 0.717) is 17.0 Å². The lowest BCUT2D eigenvalue weighted by molar-refractivity contribution is 0.0688. The van der Waals surface area contributed by atoms with E-state index in [0.717, 1.165) is 42.4 Å². The molecule has 2 aromatic heterocycles. The van der Waals surface area contributed by atoms with Crippen molar-refractivity contribution in [2.75, 3.05) is 13.1 Å². The standard InChI is InChI=1S/C19H21N3O2/c1-12-7-9-22(10-8-12)19(24)16-11-14-17(21(16)2)13-5-3-4-6-15(13)20-18(14)23/h3-6,11-12H,7-10H2,1-2H3,(H,20,23). The number of aromatic amines is 1. The van der Waals surface area contributed by atoms with Gasteiger partial charge in [-0.15, -0.1) is 0 Å². The maximum absolute atomic E-state index is 12.9. The van der Waals surface area contributed by atoms with E-state index in [9.17, 15) is 9.59 Å². The van der Waals surface area contributed by atoms with Crippen LogP contribution in [0.25, 0.3) is 21.8 Å². The second-order valence-corrected chi connectivity index (χ2v) is 6.83. The molecule has 24 heavy (non-hydrogen) atoms. The van der Waals surface area contributed by atoms with Crippen molar-refractivity contribution in [2.45, 2.75) is 19.8 Å². The Morgan fingerprint density at radius 1 is 1.17 bits per heavy atom. The Kier molecular flexibility index (Phi) is 3.44. The van der Waals surface area contributed by atoms with Gasteiger partial charge in [-0.3, -0.25) is 9.59 Å². The second-order valence-electron chi connectivity index (χ2n) is 6.83. The number of hydrogen-bond acceptors (Lipinski definition) is 2. The van der Waals surface area contributed by atoms with Crippen LogP contribution in [0, 0.1) is 5.92 Å². The van der Waals surface area contributed by atoms with Crippen molar-refractivity contribution >= 4 is 27.7 Å². The summed E-state index contributed by atoms with van der Waals surface area (Å²) in [7, 11) is 1.87. The molecule has 0 atom stereocenters. The topological polar surface area (TPSA) is 58.1 Å². The van der Waals surface area contributed by atoms with Gasteiger partial charge in [0.05, 0.1) is 16.4 Å². The fourth-order valence-electron chi connectivity index (χ4n) is 3.67. The SMILES string of the molecule is CC1CCN(C(=O)c2cc3c(=O)[nH]c4ccccc4c3n2C)CC1. The van der Waals surface area contributed by atoms with Gasteiger partial charge in [-0.05, 0) is 30.9 Å². The molecule has 1 fully saturated rings. The van der Waals surface area contributed by atoms with Crippen LogP contribution in [0.15, 0.2) is 35.1 Å². The van der Waals surface area contributed by atoms with E-state index < -0.39 is 0 Å². The lowest BCUT2D eigenvalue weighted by Crippen LogP contribution is -2.38. The predicted molar refractivity (Wildman–Crippen MR) is 95.3 cm³/mol. The number of nitrogens with zero attached hydrogens (tertiary/aromatic N) is 2. The number of hydrogen-bond donors (Lipinski definition) is 1. The largest absolute Gasteiger partial charge is 0.339 e. The van der Waals surface area contributed by atoms with Gasteiger partial charge in [-0.2, -0.15) is 0 Å². The van der Waals surface area contributed by atoms with E-state index in [1.165, 1.54) is 0 Å². The Balaban J connectivity index is 1.87. The summed E-state index contributed by atoms with van der Waals surface area (Å²) in [5, 5.41) is 1.53. The zero-order chi connectivity index (χ0) is 16.8. The third kappa shape index (κ3) is 2.23. The van der Waals surface area contributed by atoms with Crippen molar-refractivity contribution in [3.63, 3.8) is 0 Å². The Bertz CT molecular complexity index is 991. The average Bonchev–Trinajstić information content (AvgIpc) is 2.94. The summed E-state index contributed by atoms with van der Waals surface area (Å²) >= 11 is 0. The number of rotatable bonds is 1. The molecule has 1 amide bonds. The highest BCUT2D eigenvalue weighted by molar-refractivity contribution is 6.07. The molecule has 0 aliphatic carbocycles. The number of para-hydroxylation sites is 1. The van der Waals surface area contributed by atoms with Crippen LogP contribution in [-0.4, -0.2) is 33.4 Å². The van der Waals surface area contributed by atoms with E-state index in [1.54, 1.807) is 6.07 Å². The van der Waals surface area contributed by atoms with E-state index in [-0.39, 0.29) is 11.5 Å². The molecule has 1 aromatic carbocycles. The van der Waals surface area contributed by atoms with Gasteiger partial charge in [0, 0.05) is 25.5 Å². The Morgan fingerprint density at radius 3 is 2.62 bits per heavy atom. The number of aromatic nitrogens is 2. The highest BCUT2D eigenvalue weighted by Gasteiger charge is 2.25. The molecule has 1 N–H and O–H groups in total. The van der Waals surface area contributed by atoms with Crippen LogP contribution in [-0.2, 0) is 7.05 Å². The minimum atomic E-state index is -0.148. The number of amides is 1. The minimum absolute atomic E-state index is 0.0177. The summed E-state index contributed by atoms with van der Waals surface area (Å²) in [5.41, 5.74) is 2.05. The van der Waals surface area contributed by atoms with Crippen LogP contribution in [0.5, 0.6) is 0 Å². The van der Waals surface area contributed by atoms with E-state index >= 15 is 0 Å². The van der Waals surface area contributed by atoms with Crippen molar-refractivity contribution in [1.29, 1.82) is 0 Å².